The minimum atomic E-state index is -3.72. The van der Waals surface area contributed by atoms with Gasteiger partial charge in [0.1, 0.15) is 5.25 Å². The summed E-state index contributed by atoms with van der Waals surface area (Å²) in [5, 5.41) is 4.64. The predicted molar refractivity (Wildman–Crippen MR) is 120 cm³/mol. The van der Waals surface area contributed by atoms with E-state index in [1.807, 2.05) is 18.2 Å². The number of hydrogen-bond donors (Lipinski definition) is 1. The van der Waals surface area contributed by atoms with Gasteiger partial charge in [-0.05, 0) is 47.9 Å². The molecule has 1 heterocycles. The highest BCUT2D eigenvalue weighted by atomic mass is 32.2. The van der Waals surface area contributed by atoms with Crippen LogP contribution in [0, 0.1) is 11.8 Å². The predicted octanol–water partition coefficient (Wildman–Crippen LogP) is 3.11. The number of sulfonamides is 1. The molecule has 2 aromatic carbocycles. The Kier molecular flexibility index (Phi) is 6.04. The second kappa shape index (κ2) is 8.42. The van der Waals surface area contributed by atoms with E-state index in [9.17, 15) is 8.42 Å². The van der Waals surface area contributed by atoms with Crippen LogP contribution in [0.15, 0.2) is 54.6 Å². The van der Waals surface area contributed by atoms with Crippen molar-refractivity contribution in [1.29, 1.82) is 0 Å². The van der Waals surface area contributed by atoms with E-state index in [-0.39, 0.29) is 12.0 Å². The van der Waals surface area contributed by atoms with Crippen LogP contribution in [-0.4, -0.2) is 46.7 Å². The lowest BCUT2D eigenvalue weighted by molar-refractivity contribution is 0.197. The first-order chi connectivity index (χ1) is 14.3. The topological polar surface area (TPSA) is 72.6 Å². The minimum absolute atomic E-state index is 0.0705. The molecule has 1 saturated heterocycles. The van der Waals surface area contributed by atoms with Crippen LogP contribution >= 0.6 is 0 Å². The van der Waals surface area contributed by atoms with Gasteiger partial charge in [0.05, 0.1) is 6.61 Å². The highest BCUT2D eigenvalue weighted by Gasteiger charge is 2.65. The minimum Gasteiger partial charge on any atom is -0.383 e. The maximum absolute atomic E-state index is 12.0. The molecule has 0 radical (unpaired) electrons. The third kappa shape index (κ3) is 4.19. The Morgan fingerprint density at radius 3 is 2.47 bits per heavy atom. The number of methoxy groups -OCH3 is 1. The Labute approximate surface area is 180 Å². The molecule has 0 aromatic heterocycles. The van der Waals surface area contributed by atoms with E-state index in [1.165, 1.54) is 24.7 Å². The van der Waals surface area contributed by atoms with Crippen molar-refractivity contribution in [1.82, 2.24) is 4.90 Å². The number of primary sulfonamides is 1. The quantitative estimate of drug-likeness (QED) is 0.666. The van der Waals surface area contributed by atoms with Crippen LogP contribution in [-0.2, 0) is 26.6 Å². The van der Waals surface area contributed by atoms with Crippen molar-refractivity contribution in [3.05, 3.63) is 71.3 Å². The van der Waals surface area contributed by atoms with Gasteiger partial charge in [0, 0.05) is 25.6 Å². The van der Waals surface area contributed by atoms with Gasteiger partial charge in [-0.15, -0.1) is 0 Å². The molecule has 2 aromatic rings. The van der Waals surface area contributed by atoms with E-state index in [0.717, 1.165) is 31.6 Å². The van der Waals surface area contributed by atoms with Crippen LogP contribution in [0.4, 0.5) is 0 Å². The molecule has 6 heteroatoms. The zero-order valence-corrected chi connectivity index (χ0v) is 18.6. The number of hydrogen-bond acceptors (Lipinski definition) is 4. The monoisotopic (exact) mass is 428 g/mol. The Balaban J connectivity index is 1.38. The number of likely N-dealkylation sites (tertiary alicyclic amines) is 1. The molecule has 0 bridgehead atoms. The number of nitrogens with zero attached hydrogens (tertiary/aromatic N) is 1. The van der Waals surface area contributed by atoms with Gasteiger partial charge in [0.25, 0.3) is 0 Å². The molecule has 2 fully saturated rings. The fourth-order valence-electron chi connectivity index (χ4n) is 5.33. The molecular weight excluding hydrogens is 396 g/mol. The number of benzene rings is 2. The summed E-state index contributed by atoms with van der Waals surface area (Å²) in [6, 6.07) is 18.6. The van der Waals surface area contributed by atoms with E-state index < -0.39 is 15.3 Å². The average Bonchev–Trinajstić information content (AvgIpc) is 3.07. The Bertz CT molecular complexity index is 965. The van der Waals surface area contributed by atoms with Gasteiger partial charge in [0.15, 0.2) is 0 Å². The summed E-state index contributed by atoms with van der Waals surface area (Å²) >= 11 is 0. The molecule has 2 N–H and O–H groups in total. The summed E-state index contributed by atoms with van der Waals surface area (Å²) in [5.41, 5.74) is 3.48. The zero-order valence-electron chi connectivity index (χ0n) is 17.8. The number of aryl methyl sites for hydroxylation is 1. The maximum Gasteiger partial charge on any atom is 0.218 e. The molecule has 2 aliphatic rings. The van der Waals surface area contributed by atoms with Crippen LogP contribution in [0.1, 0.15) is 35.3 Å². The van der Waals surface area contributed by atoms with E-state index in [1.54, 1.807) is 0 Å². The molecular formula is C24H32N2O3S. The number of rotatable bonds is 9. The number of nitrogens with two attached hydrogens (primary N) is 1. The zero-order chi connectivity index (χ0) is 21.4. The lowest BCUT2D eigenvalue weighted by Gasteiger charge is -2.25. The second-order valence-electron chi connectivity index (χ2n) is 9.00. The summed E-state index contributed by atoms with van der Waals surface area (Å²) in [4.78, 5) is 2.59. The Morgan fingerprint density at radius 2 is 1.83 bits per heavy atom. The standard InChI is InChI=1S/C24H32N2O3S/c1-24(20-12-6-11-19(14-20)23(17-29-2)30(25,27)28)21-15-26(16-22(21)24)13-7-10-18-8-4-3-5-9-18/h3-6,8-9,11-12,14,21-23H,7,10,13,15-17H2,1-2H3,(H2,25,27,28). The molecule has 4 rings (SSSR count). The van der Waals surface area contributed by atoms with Crippen molar-refractivity contribution < 1.29 is 13.2 Å². The van der Waals surface area contributed by atoms with Crippen molar-refractivity contribution >= 4 is 10.0 Å². The maximum atomic E-state index is 12.0. The van der Waals surface area contributed by atoms with Gasteiger partial charge in [0.2, 0.25) is 10.0 Å². The van der Waals surface area contributed by atoms with Gasteiger partial charge >= 0.3 is 0 Å². The number of fused-ring (bicyclic) bond motifs is 1. The summed E-state index contributed by atoms with van der Waals surface area (Å²) in [6.07, 6.45) is 2.31. The van der Waals surface area contributed by atoms with Gasteiger partial charge in [-0.1, -0.05) is 61.5 Å². The third-order valence-corrected chi connectivity index (χ3v) is 8.41. The second-order valence-corrected chi connectivity index (χ2v) is 10.7. The van der Waals surface area contributed by atoms with Crippen molar-refractivity contribution in [3.63, 3.8) is 0 Å². The molecule has 30 heavy (non-hydrogen) atoms. The van der Waals surface area contributed by atoms with Crippen molar-refractivity contribution in [3.8, 4) is 0 Å². The number of piperidine rings is 1. The lowest BCUT2D eigenvalue weighted by atomic mass is 9.90. The number of ether oxygens (including phenoxy) is 1. The van der Waals surface area contributed by atoms with Crippen LogP contribution in [0.5, 0.6) is 0 Å². The third-order valence-electron chi connectivity index (χ3n) is 7.20. The molecule has 5 nitrogen and oxygen atoms in total. The van der Waals surface area contributed by atoms with Crippen LogP contribution in [0.2, 0.25) is 0 Å². The molecule has 1 saturated carbocycles. The van der Waals surface area contributed by atoms with Crippen molar-refractivity contribution in [2.75, 3.05) is 33.4 Å². The molecule has 1 aliphatic carbocycles. The smallest absolute Gasteiger partial charge is 0.218 e. The lowest BCUT2D eigenvalue weighted by Crippen LogP contribution is -2.30. The Morgan fingerprint density at radius 1 is 1.13 bits per heavy atom. The highest BCUT2D eigenvalue weighted by molar-refractivity contribution is 7.89. The van der Waals surface area contributed by atoms with Crippen LogP contribution < -0.4 is 5.14 Å². The first kappa shape index (κ1) is 21.5. The highest BCUT2D eigenvalue weighted by Crippen LogP contribution is 2.63. The van der Waals surface area contributed by atoms with Crippen LogP contribution in [0.3, 0.4) is 0 Å². The molecule has 1 aliphatic heterocycles. The van der Waals surface area contributed by atoms with Gasteiger partial charge in [-0.3, -0.25) is 0 Å². The van der Waals surface area contributed by atoms with Gasteiger partial charge in [-0.25, -0.2) is 13.6 Å². The van der Waals surface area contributed by atoms with E-state index >= 15 is 0 Å². The SMILES string of the molecule is COCC(c1cccc(C2(C)C3CN(CCCc4ccccc4)CC32)c1)S(N)(=O)=O. The molecule has 162 valence electrons. The van der Waals surface area contributed by atoms with E-state index in [4.69, 9.17) is 9.88 Å². The summed E-state index contributed by atoms with van der Waals surface area (Å²) in [5.74, 6) is 1.28. The first-order valence-corrected chi connectivity index (χ1v) is 12.3. The first-order valence-electron chi connectivity index (χ1n) is 10.7. The fraction of sp³-hybridized carbons (Fsp3) is 0.500. The summed E-state index contributed by atoms with van der Waals surface area (Å²) < 4.78 is 29.2. The Hall–Kier alpha value is -1.73. The van der Waals surface area contributed by atoms with Crippen molar-refractivity contribution in [2.24, 2.45) is 17.0 Å². The summed E-state index contributed by atoms with van der Waals surface area (Å²) in [6.45, 7) is 5.78. The molecule has 3 unspecified atom stereocenters. The largest absolute Gasteiger partial charge is 0.383 e. The van der Waals surface area contributed by atoms with Gasteiger partial charge in [-0.2, -0.15) is 0 Å². The normalized spacial score (nSPS) is 27.0. The van der Waals surface area contributed by atoms with Crippen LogP contribution in [0.25, 0.3) is 0 Å². The van der Waals surface area contributed by atoms with Gasteiger partial charge < -0.3 is 9.64 Å². The molecule has 3 atom stereocenters. The molecule has 0 spiro atoms. The average molecular weight is 429 g/mol. The van der Waals surface area contributed by atoms with E-state index in [0.29, 0.717) is 11.8 Å². The van der Waals surface area contributed by atoms with Crippen molar-refractivity contribution in [2.45, 2.75) is 30.4 Å². The molecule has 0 amide bonds. The summed E-state index contributed by atoms with van der Waals surface area (Å²) in [7, 11) is -2.21. The fourth-order valence-corrected chi connectivity index (χ4v) is 6.18. The van der Waals surface area contributed by atoms with E-state index in [2.05, 4.69) is 48.2 Å².